The van der Waals surface area contributed by atoms with Crippen molar-refractivity contribution in [3.05, 3.63) is 80.9 Å². The molecular formula is C29H30N2O7S. The topological polar surface area (TPSA) is 139 Å². The quantitative estimate of drug-likeness (QED) is 0.250. The molecule has 0 aliphatic heterocycles. The number of carboxylic acid groups (broad SMARTS) is 1. The second kappa shape index (κ2) is 11.8. The van der Waals surface area contributed by atoms with Gasteiger partial charge in [0, 0.05) is 16.8 Å². The third-order valence-corrected chi connectivity index (χ3v) is 7.49. The summed E-state index contributed by atoms with van der Waals surface area (Å²) in [4.78, 5) is 50.9. The summed E-state index contributed by atoms with van der Waals surface area (Å²) in [5, 5.41) is 16.5. The van der Waals surface area contributed by atoms with E-state index >= 15 is 0 Å². The van der Waals surface area contributed by atoms with Crippen LogP contribution in [0, 0.1) is 20.8 Å². The van der Waals surface area contributed by atoms with Gasteiger partial charge in [0.2, 0.25) is 11.8 Å². The molecule has 10 heteroatoms. The van der Waals surface area contributed by atoms with Crippen LogP contribution >= 0.6 is 11.8 Å². The number of rotatable bonds is 10. The Kier molecular flexibility index (Phi) is 8.44. The Morgan fingerprint density at radius 2 is 1.62 bits per heavy atom. The van der Waals surface area contributed by atoms with Crippen LogP contribution in [-0.4, -0.2) is 40.9 Å². The van der Waals surface area contributed by atoms with Crippen LogP contribution in [0.25, 0.3) is 21.9 Å². The summed E-state index contributed by atoms with van der Waals surface area (Å²) in [6.45, 7) is 5.56. The Balaban J connectivity index is 1.57. The maximum Gasteiger partial charge on any atom is 0.340 e. The number of fused-ring (bicyclic) bond motifs is 2. The van der Waals surface area contributed by atoms with E-state index in [-0.39, 0.29) is 18.4 Å². The molecule has 2 aromatic carbocycles. The molecule has 2 aromatic heterocycles. The van der Waals surface area contributed by atoms with E-state index in [1.807, 2.05) is 26.2 Å². The first-order valence-corrected chi connectivity index (χ1v) is 13.8. The van der Waals surface area contributed by atoms with Gasteiger partial charge in [0.25, 0.3) is 0 Å². The number of aryl methyl sites for hydroxylation is 3. The van der Waals surface area contributed by atoms with E-state index in [9.17, 15) is 24.3 Å². The summed E-state index contributed by atoms with van der Waals surface area (Å²) in [6, 6.07) is 9.64. The van der Waals surface area contributed by atoms with Crippen LogP contribution in [0.15, 0.2) is 56.1 Å². The van der Waals surface area contributed by atoms with Crippen molar-refractivity contribution in [3.63, 3.8) is 0 Å². The number of benzene rings is 2. The van der Waals surface area contributed by atoms with Crippen molar-refractivity contribution in [1.82, 2.24) is 10.6 Å². The number of nitrogens with one attached hydrogen (secondary N) is 2. The Bertz CT molecular complexity index is 1610. The summed E-state index contributed by atoms with van der Waals surface area (Å²) in [5.41, 5.74) is 2.52. The number of carbonyl (C=O) groups is 3. The van der Waals surface area contributed by atoms with Gasteiger partial charge < -0.3 is 24.6 Å². The second-order valence-electron chi connectivity index (χ2n) is 9.39. The maximum absolute atomic E-state index is 13.1. The highest BCUT2D eigenvalue weighted by atomic mass is 32.2. The van der Waals surface area contributed by atoms with Crippen LogP contribution in [-0.2, 0) is 20.8 Å². The highest BCUT2D eigenvalue weighted by Crippen LogP contribution is 2.31. The summed E-state index contributed by atoms with van der Waals surface area (Å²) < 4.78 is 11.3. The first-order valence-electron chi connectivity index (χ1n) is 12.4. The Morgan fingerprint density at radius 1 is 0.949 bits per heavy atom. The number of carboxylic acids is 1. The minimum Gasteiger partial charge on any atom is -0.479 e. The smallest absolute Gasteiger partial charge is 0.340 e. The molecule has 0 unspecified atom stereocenters. The number of furan rings is 1. The van der Waals surface area contributed by atoms with Gasteiger partial charge in [0.15, 0.2) is 6.04 Å². The van der Waals surface area contributed by atoms with E-state index in [1.165, 1.54) is 11.8 Å². The summed E-state index contributed by atoms with van der Waals surface area (Å²) in [5.74, 6) is -1.06. The van der Waals surface area contributed by atoms with Crippen LogP contribution < -0.4 is 16.3 Å². The average molecular weight is 551 g/mol. The molecule has 9 nitrogen and oxygen atoms in total. The number of carbonyl (C=O) groups excluding carboxylic acids is 2. The fraction of sp³-hybridized carbons (Fsp3) is 0.310. The van der Waals surface area contributed by atoms with E-state index < -0.39 is 35.5 Å². The highest BCUT2D eigenvalue weighted by Gasteiger charge is 2.28. The van der Waals surface area contributed by atoms with Gasteiger partial charge in [0.1, 0.15) is 23.0 Å². The maximum atomic E-state index is 13.1. The summed E-state index contributed by atoms with van der Waals surface area (Å²) >= 11 is 1.49. The zero-order chi connectivity index (χ0) is 28.3. The molecule has 0 saturated heterocycles. The predicted octanol–water partition coefficient (Wildman–Crippen LogP) is 4.19. The molecule has 2 heterocycles. The van der Waals surface area contributed by atoms with Crippen LogP contribution in [0.5, 0.6) is 0 Å². The van der Waals surface area contributed by atoms with Gasteiger partial charge in [-0.2, -0.15) is 11.8 Å². The first-order chi connectivity index (χ1) is 18.6. The molecule has 204 valence electrons. The predicted molar refractivity (Wildman–Crippen MR) is 150 cm³/mol. The molecule has 3 N–H and O–H groups in total. The number of hydrogen-bond acceptors (Lipinski definition) is 7. The lowest BCUT2D eigenvalue weighted by molar-refractivity contribution is -0.142. The van der Waals surface area contributed by atoms with Crippen LogP contribution in [0.1, 0.15) is 40.5 Å². The molecule has 4 rings (SSSR count). The lowest BCUT2D eigenvalue weighted by Gasteiger charge is -2.21. The van der Waals surface area contributed by atoms with Crippen molar-refractivity contribution in [3.8, 4) is 0 Å². The Hall–Kier alpha value is -4.05. The molecule has 0 aliphatic rings. The van der Waals surface area contributed by atoms with Crippen molar-refractivity contribution in [2.75, 3.05) is 12.0 Å². The molecule has 39 heavy (non-hydrogen) atoms. The van der Waals surface area contributed by atoms with Gasteiger partial charge in [-0.3, -0.25) is 9.59 Å². The molecule has 4 aromatic rings. The molecule has 0 saturated carbocycles. The van der Waals surface area contributed by atoms with Gasteiger partial charge in [0.05, 0.1) is 12.0 Å². The van der Waals surface area contributed by atoms with Crippen LogP contribution in [0.2, 0.25) is 0 Å². The Morgan fingerprint density at radius 3 is 2.28 bits per heavy atom. The van der Waals surface area contributed by atoms with Gasteiger partial charge >= 0.3 is 11.6 Å². The van der Waals surface area contributed by atoms with Gasteiger partial charge in [-0.05, 0) is 62.0 Å². The van der Waals surface area contributed by atoms with Crippen molar-refractivity contribution < 1.29 is 28.3 Å². The summed E-state index contributed by atoms with van der Waals surface area (Å²) in [6.07, 6.45) is 1.85. The van der Waals surface area contributed by atoms with E-state index in [4.69, 9.17) is 8.83 Å². The average Bonchev–Trinajstić information content (AvgIpc) is 3.18. The molecule has 0 bridgehead atoms. The molecule has 2 amide bonds. The zero-order valence-electron chi connectivity index (χ0n) is 22.1. The molecule has 0 aliphatic carbocycles. The monoisotopic (exact) mass is 550 g/mol. The van der Waals surface area contributed by atoms with Crippen molar-refractivity contribution in [1.29, 1.82) is 0 Å². The normalized spacial score (nSPS) is 12.8. The van der Waals surface area contributed by atoms with Gasteiger partial charge in [-0.1, -0.05) is 30.3 Å². The van der Waals surface area contributed by atoms with Crippen molar-refractivity contribution >= 4 is 51.5 Å². The SMILES string of the molecule is CSCC[C@@H](NC(=O)Cc1c(C)c2cc3c(C)c(C)oc3cc2oc1=O)C(=O)N[C@H](C(=O)O)c1ccccc1. The molecule has 0 radical (unpaired) electrons. The van der Waals surface area contributed by atoms with E-state index in [1.54, 1.807) is 43.3 Å². The number of hydrogen-bond donors (Lipinski definition) is 3. The lowest BCUT2D eigenvalue weighted by Crippen LogP contribution is -2.49. The largest absolute Gasteiger partial charge is 0.479 e. The number of amides is 2. The van der Waals surface area contributed by atoms with Crippen LogP contribution in [0.4, 0.5) is 0 Å². The van der Waals surface area contributed by atoms with E-state index in [0.29, 0.717) is 33.4 Å². The second-order valence-corrected chi connectivity index (χ2v) is 10.4. The molecule has 2 atom stereocenters. The minimum absolute atomic E-state index is 0.189. The van der Waals surface area contributed by atoms with Gasteiger partial charge in [-0.25, -0.2) is 9.59 Å². The fourth-order valence-electron chi connectivity index (χ4n) is 4.52. The zero-order valence-corrected chi connectivity index (χ0v) is 22.9. The lowest BCUT2D eigenvalue weighted by atomic mass is 10.0. The third kappa shape index (κ3) is 6.01. The minimum atomic E-state index is -1.27. The molecule has 0 spiro atoms. The van der Waals surface area contributed by atoms with Gasteiger partial charge in [-0.15, -0.1) is 0 Å². The molecular weight excluding hydrogens is 520 g/mol. The highest BCUT2D eigenvalue weighted by molar-refractivity contribution is 7.98. The van der Waals surface area contributed by atoms with Crippen molar-refractivity contribution in [2.45, 2.75) is 45.7 Å². The van der Waals surface area contributed by atoms with E-state index in [2.05, 4.69) is 10.6 Å². The number of aliphatic carboxylic acids is 1. The molecule has 0 fully saturated rings. The number of thioether (sulfide) groups is 1. The first kappa shape index (κ1) is 28.0. The standard InChI is InChI=1S/C29H30N2O7S/c1-15-17(3)37-23-14-24-20(12-19(15)23)16(2)21(29(36)38-24)13-25(32)30-22(10-11-39-4)27(33)31-26(28(34)35)18-8-6-5-7-9-18/h5-9,12,14,22,26H,10-11,13H2,1-4H3,(H,30,32)(H,31,33)(H,34,35)/t22-,26+/m1/s1. The third-order valence-electron chi connectivity index (χ3n) is 6.85. The Labute approximate surface area is 228 Å². The fourth-order valence-corrected chi connectivity index (χ4v) is 4.99. The summed E-state index contributed by atoms with van der Waals surface area (Å²) in [7, 11) is 0. The van der Waals surface area contributed by atoms with E-state index in [0.717, 1.165) is 16.7 Å². The van der Waals surface area contributed by atoms with Crippen molar-refractivity contribution in [2.24, 2.45) is 0 Å². The van der Waals surface area contributed by atoms with Crippen LogP contribution in [0.3, 0.4) is 0 Å².